The summed E-state index contributed by atoms with van der Waals surface area (Å²) in [5.41, 5.74) is -0.719. The van der Waals surface area contributed by atoms with E-state index >= 15 is 0 Å². The molecule has 1 atom stereocenters. The molecule has 0 aliphatic carbocycles. The van der Waals surface area contributed by atoms with Crippen molar-refractivity contribution in [3.8, 4) is 23.0 Å². The van der Waals surface area contributed by atoms with Crippen LogP contribution in [0.2, 0.25) is 0 Å². The maximum absolute atomic E-state index is 14.2. The van der Waals surface area contributed by atoms with Gasteiger partial charge in [0.15, 0.2) is 23.0 Å². The number of benzene rings is 3. The molecule has 3 aliphatic rings. The molecule has 35 heavy (non-hydrogen) atoms. The molecule has 3 aromatic rings. The third-order valence-electron chi connectivity index (χ3n) is 6.45. The van der Waals surface area contributed by atoms with Crippen LogP contribution >= 0.6 is 0 Å². The molecule has 0 aromatic heterocycles. The van der Waals surface area contributed by atoms with E-state index in [4.69, 9.17) is 23.7 Å². The molecule has 6 rings (SSSR count). The van der Waals surface area contributed by atoms with Crippen molar-refractivity contribution < 1.29 is 38.1 Å². The van der Waals surface area contributed by atoms with E-state index in [0.29, 0.717) is 17.2 Å². The predicted molar refractivity (Wildman–Crippen MR) is 120 cm³/mol. The molecule has 1 unspecified atom stereocenters. The van der Waals surface area contributed by atoms with Gasteiger partial charge in [0, 0.05) is 11.1 Å². The van der Waals surface area contributed by atoms with E-state index < -0.39 is 23.4 Å². The van der Waals surface area contributed by atoms with Crippen molar-refractivity contribution >= 4 is 17.7 Å². The fourth-order valence-corrected chi connectivity index (χ4v) is 4.79. The van der Waals surface area contributed by atoms with Gasteiger partial charge < -0.3 is 23.7 Å². The van der Waals surface area contributed by atoms with E-state index in [1.807, 2.05) is 30.3 Å². The van der Waals surface area contributed by atoms with Gasteiger partial charge in [-0.3, -0.25) is 14.5 Å². The number of hydrogen-bond acceptors (Lipinski definition) is 8. The van der Waals surface area contributed by atoms with Crippen molar-refractivity contribution in [2.24, 2.45) is 0 Å². The Hall–Kier alpha value is -4.53. The number of rotatable bonds is 4. The second kappa shape index (κ2) is 7.49. The van der Waals surface area contributed by atoms with Crippen LogP contribution in [0.1, 0.15) is 42.2 Å². The van der Waals surface area contributed by atoms with Gasteiger partial charge in [0.05, 0.1) is 31.9 Å². The molecule has 9 heteroatoms. The van der Waals surface area contributed by atoms with Crippen LogP contribution in [-0.4, -0.2) is 43.6 Å². The van der Waals surface area contributed by atoms with E-state index in [0.717, 1.165) is 5.56 Å². The SMILES string of the molecule is COc1cc2c(cc1OC)C(=O)C1(OC(=O)c3cc4c(cc31)OCO4)N(Cc1ccccc1)C2=O. The summed E-state index contributed by atoms with van der Waals surface area (Å²) in [5.74, 6) is -0.503. The van der Waals surface area contributed by atoms with Gasteiger partial charge in [-0.05, 0) is 29.8 Å². The lowest BCUT2D eigenvalue weighted by atomic mass is 9.83. The van der Waals surface area contributed by atoms with E-state index in [1.165, 1.54) is 43.4 Å². The molecule has 1 spiro atoms. The van der Waals surface area contributed by atoms with Gasteiger partial charge in [-0.2, -0.15) is 0 Å². The normalized spacial score (nSPS) is 19.5. The van der Waals surface area contributed by atoms with Gasteiger partial charge in [-0.1, -0.05) is 30.3 Å². The molecule has 9 nitrogen and oxygen atoms in total. The van der Waals surface area contributed by atoms with Crippen molar-refractivity contribution in [3.63, 3.8) is 0 Å². The Kier molecular flexibility index (Phi) is 4.50. The number of methoxy groups -OCH3 is 2. The summed E-state index contributed by atoms with van der Waals surface area (Å²) < 4.78 is 27.5. The summed E-state index contributed by atoms with van der Waals surface area (Å²) in [7, 11) is 2.88. The van der Waals surface area contributed by atoms with Crippen LogP contribution in [0.15, 0.2) is 54.6 Å². The number of Topliss-reactive ketones (excluding diaryl/α,β-unsaturated/α-hetero) is 1. The van der Waals surface area contributed by atoms with Gasteiger partial charge in [-0.15, -0.1) is 0 Å². The van der Waals surface area contributed by atoms with Gasteiger partial charge in [0.1, 0.15) is 0 Å². The average Bonchev–Trinajstić information content (AvgIpc) is 3.46. The highest BCUT2D eigenvalue weighted by molar-refractivity contribution is 6.20. The smallest absolute Gasteiger partial charge is 0.341 e. The Morgan fingerprint density at radius 3 is 2.20 bits per heavy atom. The first-order valence-corrected chi connectivity index (χ1v) is 10.8. The van der Waals surface area contributed by atoms with Crippen molar-refractivity contribution in [3.05, 3.63) is 82.4 Å². The molecule has 0 saturated carbocycles. The summed E-state index contributed by atoms with van der Waals surface area (Å²) in [6.07, 6.45) is 0. The second-order valence-corrected chi connectivity index (χ2v) is 8.24. The van der Waals surface area contributed by atoms with Gasteiger partial charge in [0.25, 0.3) is 11.6 Å². The molecule has 3 aliphatic heterocycles. The predicted octanol–water partition coefficient (Wildman–Crippen LogP) is 3.29. The zero-order valence-corrected chi connectivity index (χ0v) is 18.8. The largest absolute Gasteiger partial charge is 0.493 e. The minimum atomic E-state index is -2.02. The Bertz CT molecular complexity index is 1420. The molecule has 176 valence electrons. The Morgan fingerprint density at radius 2 is 1.51 bits per heavy atom. The summed E-state index contributed by atoms with van der Waals surface area (Å²) in [5, 5.41) is 0. The van der Waals surface area contributed by atoms with E-state index in [2.05, 4.69) is 0 Å². The number of carbonyl (C=O) groups excluding carboxylic acids is 3. The number of amides is 1. The highest BCUT2D eigenvalue weighted by Gasteiger charge is 2.61. The minimum Gasteiger partial charge on any atom is -0.493 e. The number of ketones is 1. The molecule has 3 heterocycles. The van der Waals surface area contributed by atoms with Gasteiger partial charge in [0.2, 0.25) is 12.6 Å². The highest BCUT2D eigenvalue weighted by Crippen LogP contribution is 2.51. The van der Waals surface area contributed by atoms with Crippen LogP contribution in [0.4, 0.5) is 0 Å². The van der Waals surface area contributed by atoms with Crippen LogP contribution in [0.5, 0.6) is 23.0 Å². The molecule has 0 bridgehead atoms. The molecule has 0 radical (unpaired) electrons. The van der Waals surface area contributed by atoms with Crippen molar-refractivity contribution in [2.75, 3.05) is 21.0 Å². The number of hydrogen-bond donors (Lipinski definition) is 0. The summed E-state index contributed by atoms with van der Waals surface area (Å²) in [4.78, 5) is 42.6. The molecule has 0 saturated heterocycles. The van der Waals surface area contributed by atoms with Crippen molar-refractivity contribution in [2.45, 2.75) is 12.3 Å². The summed E-state index contributed by atoms with van der Waals surface area (Å²) in [6.45, 7) is 0.00106. The van der Waals surface area contributed by atoms with Gasteiger partial charge >= 0.3 is 5.97 Å². The Balaban J connectivity index is 1.61. The van der Waals surface area contributed by atoms with Crippen LogP contribution in [0, 0.1) is 0 Å². The number of ether oxygens (including phenoxy) is 5. The van der Waals surface area contributed by atoms with Gasteiger partial charge in [-0.25, -0.2) is 4.79 Å². The number of esters is 1. The third kappa shape index (κ3) is 2.84. The minimum absolute atomic E-state index is 0.0132. The monoisotopic (exact) mass is 473 g/mol. The second-order valence-electron chi connectivity index (χ2n) is 8.24. The summed E-state index contributed by atoms with van der Waals surface area (Å²) >= 11 is 0. The lowest BCUT2D eigenvalue weighted by molar-refractivity contribution is -0.0771. The fourth-order valence-electron chi connectivity index (χ4n) is 4.79. The van der Waals surface area contributed by atoms with Crippen LogP contribution in [-0.2, 0) is 17.0 Å². The first-order chi connectivity index (χ1) is 17.0. The fraction of sp³-hybridized carbons (Fsp3) is 0.192. The standard InChI is InChI=1S/C26H19NO8/c1-31-19-8-15-16(9-20(19)32-2)24(29)27(12-14-6-4-3-5-7-14)26(23(15)28)18-11-22-21(33-13-34-22)10-17(18)25(30)35-26/h3-11H,12-13H2,1-2H3. The maximum Gasteiger partial charge on any atom is 0.341 e. The Morgan fingerprint density at radius 1 is 0.857 bits per heavy atom. The zero-order valence-electron chi connectivity index (χ0n) is 18.8. The highest BCUT2D eigenvalue weighted by atomic mass is 16.7. The molecule has 0 N–H and O–H groups in total. The van der Waals surface area contributed by atoms with E-state index in [9.17, 15) is 14.4 Å². The lowest BCUT2D eigenvalue weighted by Crippen LogP contribution is -2.58. The zero-order chi connectivity index (χ0) is 24.3. The topological polar surface area (TPSA) is 101 Å². The third-order valence-corrected chi connectivity index (χ3v) is 6.45. The van der Waals surface area contributed by atoms with Crippen molar-refractivity contribution in [1.29, 1.82) is 0 Å². The number of nitrogens with zero attached hydrogens (tertiary/aromatic N) is 1. The van der Waals surface area contributed by atoms with Crippen molar-refractivity contribution in [1.82, 2.24) is 4.90 Å². The summed E-state index contributed by atoms with van der Waals surface area (Å²) in [6, 6.07) is 15.1. The number of carbonyl (C=O) groups is 3. The molecule has 1 amide bonds. The molecular formula is C26H19NO8. The first-order valence-electron chi connectivity index (χ1n) is 10.8. The van der Waals surface area contributed by atoms with E-state index in [-0.39, 0.29) is 41.3 Å². The number of fused-ring (bicyclic) bond motifs is 4. The molecular weight excluding hydrogens is 454 g/mol. The quantitative estimate of drug-likeness (QED) is 0.532. The maximum atomic E-state index is 14.2. The first kappa shape index (κ1) is 21.0. The molecule has 0 fully saturated rings. The Labute approximate surface area is 199 Å². The van der Waals surface area contributed by atoms with E-state index in [1.54, 1.807) is 0 Å². The van der Waals surface area contributed by atoms with Crippen LogP contribution in [0.25, 0.3) is 0 Å². The van der Waals surface area contributed by atoms with Crippen LogP contribution < -0.4 is 18.9 Å². The average molecular weight is 473 g/mol. The van der Waals surface area contributed by atoms with Crippen LogP contribution in [0.3, 0.4) is 0 Å². The molecule has 3 aromatic carbocycles. The lowest BCUT2D eigenvalue weighted by Gasteiger charge is -2.42.